The van der Waals surface area contributed by atoms with Gasteiger partial charge in [0.15, 0.2) is 11.5 Å². The molecular formula is C21H20ClN5O. The zero-order valence-corrected chi connectivity index (χ0v) is 16.0. The molecule has 1 fully saturated rings. The van der Waals surface area contributed by atoms with Crippen LogP contribution in [-0.4, -0.2) is 42.3 Å². The van der Waals surface area contributed by atoms with Crippen LogP contribution in [-0.2, 0) is 0 Å². The van der Waals surface area contributed by atoms with E-state index < -0.39 is 0 Å². The van der Waals surface area contributed by atoms with Gasteiger partial charge in [-0.25, -0.2) is 0 Å². The second-order valence-corrected chi connectivity index (χ2v) is 6.93. The molecule has 0 spiro atoms. The van der Waals surface area contributed by atoms with Crippen LogP contribution < -0.4 is 15.1 Å². The number of piperazine rings is 1. The van der Waals surface area contributed by atoms with Gasteiger partial charge in [0, 0.05) is 31.9 Å². The Hall–Kier alpha value is -3.12. The molecule has 28 heavy (non-hydrogen) atoms. The molecule has 6 nitrogen and oxygen atoms in total. The molecule has 3 aromatic rings. The fourth-order valence-electron chi connectivity index (χ4n) is 3.20. The summed E-state index contributed by atoms with van der Waals surface area (Å²) in [6.45, 7) is 3.55. The summed E-state index contributed by atoms with van der Waals surface area (Å²) >= 11 is 6.08. The van der Waals surface area contributed by atoms with Crippen LogP contribution in [0, 0.1) is 0 Å². The molecular weight excluding hydrogens is 374 g/mol. The van der Waals surface area contributed by atoms with Crippen LogP contribution in [0.15, 0.2) is 66.7 Å². The zero-order valence-electron chi connectivity index (χ0n) is 15.3. The van der Waals surface area contributed by atoms with Gasteiger partial charge < -0.3 is 15.1 Å². The maximum atomic E-state index is 12.4. The molecule has 0 aliphatic carbocycles. The van der Waals surface area contributed by atoms with Crippen LogP contribution in [0.1, 0.15) is 10.5 Å². The van der Waals surface area contributed by atoms with E-state index in [-0.39, 0.29) is 11.6 Å². The topological polar surface area (TPSA) is 61.4 Å². The summed E-state index contributed by atoms with van der Waals surface area (Å²) in [6, 6.07) is 21.0. The Balaban J connectivity index is 1.37. The predicted octanol–water partition coefficient (Wildman–Crippen LogP) is 3.71. The molecule has 0 atom stereocenters. The van der Waals surface area contributed by atoms with Crippen molar-refractivity contribution >= 4 is 34.7 Å². The Labute approximate surface area is 168 Å². The molecule has 0 radical (unpaired) electrons. The van der Waals surface area contributed by atoms with E-state index in [1.807, 2.05) is 24.3 Å². The number of aromatic nitrogens is 2. The third kappa shape index (κ3) is 4.07. The Kier molecular flexibility index (Phi) is 5.39. The van der Waals surface area contributed by atoms with Gasteiger partial charge in [0.25, 0.3) is 5.91 Å². The molecule has 142 valence electrons. The maximum Gasteiger partial charge on any atom is 0.276 e. The van der Waals surface area contributed by atoms with Crippen molar-refractivity contribution in [1.29, 1.82) is 0 Å². The predicted molar refractivity (Wildman–Crippen MR) is 112 cm³/mol. The number of anilines is 3. The second-order valence-electron chi connectivity index (χ2n) is 6.52. The molecule has 0 bridgehead atoms. The number of benzene rings is 2. The van der Waals surface area contributed by atoms with Crippen LogP contribution in [0.5, 0.6) is 0 Å². The standard InChI is InChI=1S/C21H20ClN5O/c22-17-8-4-5-9-18(17)23-21(28)19-10-11-20(25-24-19)27-14-12-26(13-15-27)16-6-2-1-3-7-16/h1-11H,12-15H2,(H,23,28). The van der Waals surface area contributed by atoms with Crippen molar-refractivity contribution in [3.63, 3.8) is 0 Å². The molecule has 0 unspecified atom stereocenters. The fraction of sp³-hybridized carbons (Fsp3) is 0.190. The van der Waals surface area contributed by atoms with Crippen LogP contribution in [0.4, 0.5) is 17.2 Å². The monoisotopic (exact) mass is 393 g/mol. The summed E-state index contributed by atoms with van der Waals surface area (Å²) in [5.41, 5.74) is 2.04. The maximum absolute atomic E-state index is 12.4. The number of carbonyl (C=O) groups excluding carboxylic acids is 1. The molecule has 0 saturated carbocycles. The zero-order chi connectivity index (χ0) is 19.3. The summed E-state index contributed by atoms with van der Waals surface area (Å²) in [6.07, 6.45) is 0. The summed E-state index contributed by atoms with van der Waals surface area (Å²) < 4.78 is 0. The summed E-state index contributed by atoms with van der Waals surface area (Å²) in [5.74, 6) is 0.447. The molecule has 1 amide bonds. The lowest BCUT2D eigenvalue weighted by molar-refractivity contribution is 0.102. The quantitative estimate of drug-likeness (QED) is 0.732. The summed E-state index contributed by atoms with van der Waals surface area (Å²) in [4.78, 5) is 16.9. The van der Waals surface area contributed by atoms with E-state index in [1.165, 1.54) is 5.69 Å². The summed E-state index contributed by atoms with van der Waals surface area (Å²) in [5, 5.41) is 11.6. The van der Waals surface area contributed by atoms with Crippen molar-refractivity contribution in [2.24, 2.45) is 0 Å². The number of halogens is 1. The number of nitrogens with zero attached hydrogens (tertiary/aromatic N) is 4. The van der Waals surface area contributed by atoms with Crippen LogP contribution in [0.3, 0.4) is 0 Å². The van der Waals surface area contributed by atoms with Crippen molar-refractivity contribution in [3.05, 3.63) is 77.4 Å². The van der Waals surface area contributed by atoms with Gasteiger partial charge >= 0.3 is 0 Å². The molecule has 1 aromatic heterocycles. The molecule has 1 saturated heterocycles. The van der Waals surface area contributed by atoms with Crippen LogP contribution in [0.2, 0.25) is 5.02 Å². The van der Waals surface area contributed by atoms with Gasteiger partial charge in [-0.1, -0.05) is 41.9 Å². The van der Waals surface area contributed by atoms with E-state index in [0.29, 0.717) is 10.7 Å². The number of rotatable bonds is 4. The number of hydrogen-bond acceptors (Lipinski definition) is 5. The molecule has 4 rings (SSSR count). The average molecular weight is 394 g/mol. The van der Waals surface area contributed by atoms with E-state index in [9.17, 15) is 4.79 Å². The van der Waals surface area contributed by atoms with Gasteiger partial charge in [0.2, 0.25) is 0 Å². The molecule has 1 N–H and O–H groups in total. The first-order valence-electron chi connectivity index (χ1n) is 9.15. The average Bonchev–Trinajstić information content (AvgIpc) is 2.76. The highest BCUT2D eigenvalue weighted by molar-refractivity contribution is 6.33. The van der Waals surface area contributed by atoms with Crippen molar-refractivity contribution in [3.8, 4) is 0 Å². The van der Waals surface area contributed by atoms with Gasteiger partial charge in [0.1, 0.15) is 0 Å². The number of nitrogens with one attached hydrogen (secondary N) is 1. The SMILES string of the molecule is O=C(Nc1ccccc1Cl)c1ccc(N2CCN(c3ccccc3)CC2)nn1. The second kappa shape index (κ2) is 8.27. The van der Waals surface area contributed by atoms with E-state index in [4.69, 9.17) is 11.6 Å². The third-order valence-corrected chi connectivity index (χ3v) is 5.06. The lowest BCUT2D eigenvalue weighted by atomic mass is 10.2. The minimum atomic E-state index is -0.332. The Bertz CT molecular complexity index is 941. The van der Waals surface area contributed by atoms with E-state index in [1.54, 1.807) is 18.2 Å². The van der Waals surface area contributed by atoms with Crippen LogP contribution >= 0.6 is 11.6 Å². The van der Waals surface area contributed by atoms with Crippen molar-refractivity contribution < 1.29 is 4.79 Å². The van der Waals surface area contributed by atoms with Gasteiger partial charge in [-0.15, -0.1) is 10.2 Å². The number of amides is 1. The molecule has 2 aromatic carbocycles. The molecule has 2 heterocycles. The van der Waals surface area contributed by atoms with E-state index in [2.05, 4.69) is 49.6 Å². The first-order chi connectivity index (χ1) is 13.7. The largest absolute Gasteiger partial charge is 0.368 e. The minimum Gasteiger partial charge on any atom is -0.368 e. The van der Waals surface area contributed by atoms with Crippen molar-refractivity contribution in [2.45, 2.75) is 0 Å². The third-order valence-electron chi connectivity index (χ3n) is 4.73. The van der Waals surface area contributed by atoms with Crippen molar-refractivity contribution in [1.82, 2.24) is 10.2 Å². The lowest BCUT2D eigenvalue weighted by Gasteiger charge is -2.36. The molecule has 7 heteroatoms. The lowest BCUT2D eigenvalue weighted by Crippen LogP contribution is -2.46. The molecule has 1 aliphatic rings. The van der Waals surface area contributed by atoms with E-state index >= 15 is 0 Å². The Morgan fingerprint density at radius 3 is 2.18 bits per heavy atom. The first kappa shape index (κ1) is 18.3. The fourth-order valence-corrected chi connectivity index (χ4v) is 3.38. The van der Waals surface area contributed by atoms with Crippen LogP contribution in [0.25, 0.3) is 0 Å². The van der Waals surface area contributed by atoms with Crippen molar-refractivity contribution in [2.75, 3.05) is 41.3 Å². The summed E-state index contributed by atoms with van der Waals surface area (Å²) in [7, 11) is 0. The number of hydrogen-bond donors (Lipinski definition) is 1. The van der Waals surface area contributed by atoms with Gasteiger partial charge in [-0.05, 0) is 36.4 Å². The normalized spacial score (nSPS) is 14.0. The molecule has 1 aliphatic heterocycles. The number of carbonyl (C=O) groups is 1. The Morgan fingerprint density at radius 2 is 1.50 bits per heavy atom. The number of para-hydroxylation sites is 2. The first-order valence-corrected chi connectivity index (χ1v) is 9.53. The minimum absolute atomic E-state index is 0.256. The smallest absolute Gasteiger partial charge is 0.276 e. The highest BCUT2D eigenvalue weighted by Gasteiger charge is 2.19. The van der Waals surface area contributed by atoms with Gasteiger partial charge in [-0.2, -0.15) is 0 Å². The van der Waals surface area contributed by atoms with Gasteiger partial charge in [-0.3, -0.25) is 4.79 Å². The Morgan fingerprint density at radius 1 is 0.821 bits per heavy atom. The van der Waals surface area contributed by atoms with Gasteiger partial charge in [0.05, 0.1) is 10.7 Å². The van der Waals surface area contributed by atoms with E-state index in [0.717, 1.165) is 32.0 Å². The highest BCUT2D eigenvalue weighted by Crippen LogP contribution is 2.21. The highest BCUT2D eigenvalue weighted by atomic mass is 35.5.